The van der Waals surface area contributed by atoms with E-state index in [2.05, 4.69) is 17.2 Å². The zero-order valence-corrected chi connectivity index (χ0v) is 12.7. The Hall–Kier alpha value is -1.72. The SMILES string of the molecule is C[C@H](NC1CCS(=O)(=O)c2ccccc21)c1ccncc1. The summed E-state index contributed by atoms with van der Waals surface area (Å²) >= 11 is 0. The zero-order valence-electron chi connectivity index (χ0n) is 11.9. The average Bonchev–Trinajstić information content (AvgIpc) is 2.51. The molecule has 0 fully saturated rings. The highest BCUT2D eigenvalue weighted by Crippen LogP contribution is 2.33. The number of pyridine rings is 1. The van der Waals surface area contributed by atoms with E-state index in [9.17, 15) is 8.42 Å². The van der Waals surface area contributed by atoms with E-state index < -0.39 is 9.84 Å². The summed E-state index contributed by atoms with van der Waals surface area (Å²) in [4.78, 5) is 4.49. The maximum atomic E-state index is 12.1. The molecular weight excluding hydrogens is 284 g/mol. The lowest BCUT2D eigenvalue weighted by Gasteiger charge is -2.29. The Balaban J connectivity index is 1.88. The van der Waals surface area contributed by atoms with Crippen LogP contribution in [-0.4, -0.2) is 19.2 Å². The van der Waals surface area contributed by atoms with Crippen molar-refractivity contribution in [3.05, 3.63) is 59.9 Å². The number of hydrogen-bond donors (Lipinski definition) is 1. The van der Waals surface area contributed by atoms with Crippen LogP contribution in [0.3, 0.4) is 0 Å². The van der Waals surface area contributed by atoms with Gasteiger partial charge >= 0.3 is 0 Å². The maximum Gasteiger partial charge on any atom is 0.178 e. The second-order valence-electron chi connectivity index (χ2n) is 5.37. The molecule has 2 heterocycles. The normalized spacial score (nSPS) is 21.5. The first-order chi connectivity index (χ1) is 10.1. The lowest BCUT2D eigenvalue weighted by Crippen LogP contribution is -2.31. The lowest BCUT2D eigenvalue weighted by atomic mass is 10.0. The van der Waals surface area contributed by atoms with Crippen molar-refractivity contribution in [3.63, 3.8) is 0 Å². The van der Waals surface area contributed by atoms with Gasteiger partial charge in [0.1, 0.15) is 0 Å². The standard InChI is InChI=1S/C16H18N2O2S/c1-12(13-6-9-17-10-7-13)18-15-8-11-21(19,20)16-5-3-2-4-14(15)16/h2-7,9-10,12,15,18H,8,11H2,1H3/t12-,15?/m0/s1. The topological polar surface area (TPSA) is 59.1 Å². The third-order valence-corrected chi connectivity index (χ3v) is 5.78. The van der Waals surface area contributed by atoms with E-state index in [0.717, 1.165) is 11.1 Å². The summed E-state index contributed by atoms with van der Waals surface area (Å²) in [6.07, 6.45) is 4.15. The monoisotopic (exact) mass is 302 g/mol. The second kappa shape index (κ2) is 5.58. The minimum absolute atomic E-state index is 0.0629. The largest absolute Gasteiger partial charge is 0.303 e. The molecule has 21 heavy (non-hydrogen) atoms. The Morgan fingerprint density at radius 2 is 1.90 bits per heavy atom. The third-order valence-electron chi connectivity index (χ3n) is 3.96. The van der Waals surface area contributed by atoms with Crippen LogP contribution in [0.1, 0.15) is 36.6 Å². The predicted molar refractivity (Wildman–Crippen MR) is 81.6 cm³/mol. The molecule has 0 spiro atoms. The van der Waals surface area contributed by atoms with Gasteiger partial charge in [0, 0.05) is 24.5 Å². The Kier molecular flexibility index (Phi) is 3.78. The zero-order chi connectivity index (χ0) is 14.9. The van der Waals surface area contributed by atoms with Crippen LogP contribution in [-0.2, 0) is 9.84 Å². The molecule has 0 aliphatic carbocycles. The van der Waals surface area contributed by atoms with Crippen molar-refractivity contribution >= 4 is 9.84 Å². The predicted octanol–water partition coefficient (Wildman–Crippen LogP) is 2.65. The van der Waals surface area contributed by atoms with Crippen LogP contribution in [0.5, 0.6) is 0 Å². The molecule has 0 radical (unpaired) electrons. The fourth-order valence-electron chi connectivity index (χ4n) is 2.81. The molecule has 1 aromatic heterocycles. The fraction of sp³-hybridized carbons (Fsp3) is 0.312. The van der Waals surface area contributed by atoms with Crippen LogP contribution in [0, 0.1) is 0 Å². The van der Waals surface area contributed by atoms with Crippen LogP contribution in [0.25, 0.3) is 0 Å². The first-order valence-corrected chi connectivity index (χ1v) is 8.71. The van der Waals surface area contributed by atoms with Crippen molar-refractivity contribution in [2.45, 2.75) is 30.3 Å². The summed E-state index contributed by atoms with van der Waals surface area (Å²) < 4.78 is 24.3. The lowest BCUT2D eigenvalue weighted by molar-refractivity contribution is 0.441. The molecule has 4 nitrogen and oxygen atoms in total. The minimum Gasteiger partial charge on any atom is -0.303 e. The molecule has 3 rings (SSSR count). The number of nitrogens with one attached hydrogen (secondary N) is 1. The fourth-order valence-corrected chi connectivity index (χ4v) is 4.43. The number of hydrogen-bond acceptors (Lipinski definition) is 4. The van der Waals surface area contributed by atoms with Crippen LogP contribution >= 0.6 is 0 Å². The highest BCUT2D eigenvalue weighted by Gasteiger charge is 2.30. The van der Waals surface area contributed by atoms with Gasteiger partial charge < -0.3 is 5.32 Å². The van der Waals surface area contributed by atoms with E-state index in [1.807, 2.05) is 24.3 Å². The summed E-state index contributed by atoms with van der Waals surface area (Å²) in [5.41, 5.74) is 2.03. The molecule has 1 aliphatic rings. The van der Waals surface area contributed by atoms with Gasteiger partial charge in [-0.2, -0.15) is 0 Å². The van der Waals surface area contributed by atoms with Crippen molar-refractivity contribution in [2.75, 3.05) is 5.75 Å². The first kappa shape index (κ1) is 14.2. The summed E-state index contributed by atoms with van der Waals surface area (Å²) in [7, 11) is -3.13. The van der Waals surface area contributed by atoms with Crippen molar-refractivity contribution in [3.8, 4) is 0 Å². The molecule has 0 bridgehead atoms. The van der Waals surface area contributed by atoms with E-state index in [0.29, 0.717) is 11.3 Å². The van der Waals surface area contributed by atoms with E-state index in [1.54, 1.807) is 24.5 Å². The van der Waals surface area contributed by atoms with Crippen molar-refractivity contribution in [1.29, 1.82) is 0 Å². The molecule has 110 valence electrons. The molecule has 0 saturated carbocycles. The Morgan fingerprint density at radius 1 is 1.19 bits per heavy atom. The molecule has 2 aromatic rings. The van der Waals surface area contributed by atoms with Crippen molar-refractivity contribution < 1.29 is 8.42 Å². The highest BCUT2D eigenvalue weighted by molar-refractivity contribution is 7.91. The van der Waals surface area contributed by atoms with Gasteiger partial charge in [0.05, 0.1) is 10.6 Å². The van der Waals surface area contributed by atoms with Crippen LogP contribution in [0.4, 0.5) is 0 Å². The highest BCUT2D eigenvalue weighted by atomic mass is 32.2. The van der Waals surface area contributed by atoms with Gasteiger partial charge in [-0.15, -0.1) is 0 Å². The van der Waals surface area contributed by atoms with Gasteiger partial charge in [0.25, 0.3) is 0 Å². The summed E-state index contributed by atoms with van der Waals surface area (Å²) in [6.45, 7) is 2.08. The molecule has 1 aliphatic heterocycles. The molecular formula is C16H18N2O2S. The first-order valence-electron chi connectivity index (χ1n) is 7.05. The number of aromatic nitrogens is 1. The summed E-state index contributed by atoms with van der Waals surface area (Å²) in [6, 6.07) is 11.4. The molecule has 0 saturated heterocycles. The Morgan fingerprint density at radius 3 is 2.67 bits per heavy atom. The Labute approximate surface area is 125 Å². The summed E-state index contributed by atoms with van der Waals surface area (Å²) in [5, 5.41) is 3.54. The van der Waals surface area contributed by atoms with Gasteiger partial charge in [0.2, 0.25) is 0 Å². The molecule has 2 atom stereocenters. The summed E-state index contributed by atoms with van der Waals surface area (Å²) in [5.74, 6) is 0.199. The molecule has 1 unspecified atom stereocenters. The molecule has 5 heteroatoms. The molecule has 1 aromatic carbocycles. The van der Waals surface area contributed by atoms with E-state index in [4.69, 9.17) is 0 Å². The minimum atomic E-state index is -3.13. The number of fused-ring (bicyclic) bond motifs is 1. The number of sulfone groups is 1. The van der Waals surface area contributed by atoms with Crippen molar-refractivity contribution in [2.24, 2.45) is 0 Å². The smallest absolute Gasteiger partial charge is 0.178 e. The third kappa shape index (κ3) is 2.84. The van der Waals surface area contributed by atoms with Gasteiger partial charge in [-0.05, 0) is 42.7 Å². The van der Waals surface area contributed by atoms with Gasteiger partial charge in [-0.3, -0.25) is 4.98 Å². The molecule has 1 N–H and O–H groups in total. The van der Waals surface area contributed by atoms with Crippen LogP contribution < -0.4 is 5.32 Å². The van der Waals surface area contributed by atoms with E-state index in [-0.39, 0.29) is 17.8 Å². The van der Waals surface area contributed by atoms with Crippen LogP contribution in [0.2, 0.25) is 0 Å². The average molecular weight is 302 g/mol. The van der Waals surface area contributed by atoms with E-state index >= 15 is 0 Å². The Bertz CT molecular complexity index is 729. The molecule has 0 amide bonds. The number of nitrogens with zero attached hydrogens (tertiary/aromatic N) is 1. The second-order valence-corrected chi connectivity index (χ2v) is 7.44. The van der Waals surface area contributed by atoms with Gasteiger partial charge in [0.15, 0.2) is 9.84 Å². The van der Waals surface area contributed by atoms with Gasteiger partial charge in [-0.25, -0.2) is 8.42 Å². The van der Waals surface area contributed by atoms with E-state index in [1.165, 1.54) is 0 Å². The van der Waals surface area contributed by atoms with Crippen molar-refractivity contribution in [1.82, 2.24) is 10.3 Å². The number of rotatable bonds is 3. The maximum absolute atomic E-state index is 12.1. The van der Waals surface area contributed by atoms with Crippen LogP contribution in [0.15, 0.2) is 53.7 Å². The quantitative estimate of drug-likeness (QED) is 0.947. The number of benzene rings is 1. The van der Waals surface area contributed by atoms with Gasteiger partial charge in [-0.1, -0.05) is 18.2 Å².